The maximum Gasteiger partial charge on any atom is 0.411 e. The number of thioether (sulfide) groups is 1. The van der Waals surface area contributed by atoms with Crippen molar-refractivity contribution in [2.24, 2.45) is 5.73 Å². The van der Waals surface area contributed by atoms with Crippen LogP contribution in [0.3, 0.4) is 0 Å². The van der Waals surface area contributed by atoms with Gasteiger partial charge in [0.05, 0.1) is 0 Å². The van der Waals surface area contributed by atoms with Crippen molar-refractivity contribution in [1.29, 1.82) is 0 Å². The van der Waals surface area contributed by atoms with Crippen LogP contribution in [0.25, 0.3) is 0 Å². The molecule has 2 atom stereocenters. The van der Waals surface area contributed by atoms with Crippen molar-refractivity contribution in [3.05, 3.63) is 112 Å². The fourth-order valence-corrected chi connectivity index (χ4v) is 5.76. The number of ether oxygens (including phenoxy) is 2. The minimum atomic E-state index is -0.724. The minimum Gasteiger partial charge on any atom is -0.448 e. The number of carbonyl (C=O) groups excluding carboxylic acids is 3. The van der Waals surface area contributed by atoms with E-state index in [4.69, 9.17) is 26.8 Å². The normalized spacial score (nSPS) is 18.5. The standard InChI is InChI=1S/C28H24ClN3O5S/c29-20-12-7-13-21(14-20)31-28(35)36-15-19-16-38-26-22(30)25(33)32(26)23(19)27(34)37-24(17-8-3-1-4-9-17)18-10-5-2-6-11-18/h1-14,22,24,26H,15-16,30H2,(H,31,35)/t22?,26-/m1/s1. The van der Waals surface area contributed by atoms with Crippen molar-refractivity contribution in [3.63, 3.8) is 0 Å². The summed E-state index contributed by atoms with van der Waals surface area (Å²) in [6.07, 6.45) is -1.43. The number of nitrogens with one attached hydrogen (secondary N) is 1. The third-order valence-corrected chi connectivity index (χ3v) is 7.76. The van der Waals surface area contributed by atoms with Crippen molar-refractivity contribution in [3.8, 4) is 0 Å². The molecule has 3 aromatic rings. The van der Waals surface area contributed by atoms with Gasteiger partial charge in [0.15, 0.2) is 6.10 Å². The summed E-state index contributed by atoms with van der Waals surface area (Å²) in [4.78, 5) is 40.2. The van der Waals surface area contributed by atoms with E-state index >= 15 is 0 Å². The largest absolute Gasteiger partial charge is 0.448 e. The average molecular weight is 550 g/mol. The topological polar surface area (TPSA) is 111 Å². The number of amides is 2. The molecule has 1 saturated heterocycles. The van der Waals surface area contributed by atoms with E-state index in [1.165, 1.54) is 16.7 Å². The average Bonchev–Trinajstić information content (AvgIpc) is 2.94. The number of nitrogens with zero attached hydrogens (tertiary/aromatic N) is 1. The summed E-state index contributed by atoms with van der Waals surface area (Å²) in [5.74, 6) is -0.730. The second-order valence-electron chi connectivity index (χ2n) is 8.71. The molecule has 194 valence electrons. The van der Waals surface area contributed by atoms with Gasteiger partial charge in [-0.15, -0.1) is 11.8 Å². The molecule has 8 nitrogen and oxygen atoms in total. The molecule has 1 fully saturated rings. The Morgan fingerprint density at radius 1 is 1.03 bits per heavy atom. The number of benzene rings is 3. The Hall–Kier alpha value is -3.79. The molecule has 0 aliphatic carbocycles. The maximum atomic E-state index is 13.7. The Labute approximate surface area is 228 Å². The number of anilines is 1. The number of hydrogen-bond donors (Lipinski definition) is 2. The van der Waals surface area contributed by atoms with Gasteiger partial charge in [-0.3, -0.25) is 15.0 Å². The first-order valence-electron chi connectivity index (χ1n) is 11.8. The van der Waals surface area contributed by atoms with Crippen LogP contribution in [-0.2, 0) is 19.1 Å². The molecule has 0 bridgehead atoms. The number of fused-ring (bicyclic) bond motifs is 1. The van der Waals surface area contributed by atoms with Crippen molar-refractivity contribution in [2.75, 3.05) is 17.7 Å². The molecule has 38 heavy (non-hydrogen) atoms. The Morgan fingerprint density at radius 2 is 1.68 bits per heavy atom. The van der Waals surface area contributed by atoms with E-state index in [1.807, 2.05) is 60.7 Å². The van der Waals surface area contributed by atoms with E-state index in [9.17, 15) is 14.4 Å². The third-order valence-electron chi connectivity index (χ3n) is 6.16. The zero-order valence-corrected chi connectivity index (χ0v) is 21.7. The van der Waals surface area contributed by atoms with E-state index in [0.717, 1.165) is 11.1 Å². The molecule has 0 radical (unpaired) electrons. The Morgan fingerprint density at radius 3 is 2.32 bits per heavy atom. The second kappa shape index (κ2) is 11.3. The smallest absolute Gasteiger partial charge is 0.411 e. The lowest BCUT2D eigenvalue weighted by atomic mass is 10.0. The van der Waals surface area contributed by atoms with Gasteiger partial charge in [-0.05, 0) is 29.3 Å². The fourth-order valence-electron chi connectivity index (χ4n) is 4.30. The Kier molecular flexibility index (Phi) is 7.69. The van der Waals surface area contributed by atoms with Gasteiger partial charge in [-0.2, -0.15) is 0 Å². The summed E-state index contributed by atoms with van der Waals surface area (Å²) in [5.41, 5.74) is 8.53. The summed E-state index contributed by atoms with van der Waals surface area (Å²) in [6.45, 7) is -0.211. The van der Waals surface area contributed by atoms with Gasteiger partial charge in [0.1, 0.15) is 23.7 Å². The highest BCUT2D eigenvalue weighted by atomic mass is 35.5. The van der Waals surface area contributed by atoms with Gasteiger partial charge >= 0.3 is 12.1 Å². The van der Waals surface area contributed by atoms with Crippen molar-refractivity contribution in [1.82, 2.24) is 4.90 Å². The molecule has 2 aliphatic heterocycles. The molecule has 2 aliphatic rings. The maximum absolute atomic E-state index is 13.7. The zero-order chi connectivity index (χ0) is 26.6. The van der Waals surface area contributed by atoms with Crippen molar-refractivity contribution < 1.29 is 23.9 Å². The number of rotatable bonds is 7. The van der Waals surface area contributed by atoms with Crippen LogP contribution in [0.15, 0.2) is 96.2 Å². The van der Waals surface area contributed by atoms with Crippen LogP contribution in [0, 0.1) is 0 Å². The summed E-state index contributed by atoms with van der Waals surface area (Å²) in [6, 6.07) is 24.6. The van der Waals surface area contributed by atoms with E-state index in [2.05, 4.69) is 5.32 Å². The SMILES string of the molecule is NC1C(=O)N2C(C(=O)OC(c3ccccc3)c3ccccc3)=C(COC(=O)Nc3cccc(Cl)c3)CS[C@H]12. The second-order valence-corrected chi connectivity index (χ2v) is 10.2. The molecule has 0 aromatic heterocycles. The predicted octanol–water partition coefficient (Wildman–Crippen LogP) is 4.72. The summed E-state index contributed by atoms with van der Waals surface area (Å²) in [5, 5.41) is 2.67. The first-order valence-corrected chi connectivity index (χ1v) is 13.3. The van der Waals surface area contributed by atoms with Crippen LogP contribution in [0.2, 0.25) is 5.02 Å². The van der Waals surface area contributed by atoms with Crippen molar-refractivity contribution >= 4 is 47.0 Å². The zero-order valence-electron chi connectivity index (χ0n) is 20.1. The number of halogens is 1. The minimum absolute atomic E-state index is 0.0628. The number of esters is 1. The van der Waals surface area contributed by atoms with Gasteiger partial charge in [-0.25, -0.2) is 9.59 Å². The summed E-state index contributed by atoms with van der Waals surface area (Å²) < 4.78 is 11.4. The van der Waals surface area contributed by atoms with Crippen LogP contribution in [-0.4, -0.2) is 46.6 Å². The highest BCUT2D eigenvalue weighted by Gasteiger charge is 2.52. The summed E-state index contributed by atoms with van der Waals surface area (Å²) in [7, 11) is 0. The fraction of sp³-hybridized carbons (Fsp3) is 0.179. The molecule has 3 N–H and O–H groups in total. The van der Waals surface area contributed by atoms with Crippen LogP contribution in [0.4, 0.5) is 10.5 Å². The molecular formula is C28H24ClN3O5S. The van der Waals surface area contributed by atoms with Crippen LogP contribution >= 0.6 is 23.4 Å². The number of hydrogen-bond acceptors (Lipinski definition) is 7. The van der Waals surface area contributed by atoms with Crippen LogP contribution in [0.5, 0.6) is 0 Å². The lowest BCUT2D eigenvalue weighted by Gasteiger charge is -2.48. The lowest BCUT2D eigenvalue weighted by Crippen LogP contribution is -2.68. The molecule has 1 unspecified atom stereocenters. The highest BCUT2D eigenvalue weighted by molar-refractivity contribution is 8.00. The van der Waals surface area contributed by atoms with Gasteiger partial charge in [-0.1, -0.05) is 78.3 Å². The highest BCUT2D eigenvalue weighted by Crippen LogP contribution is 2.41. The van der Waals surface area contributed by atoms with Gasteiger partial charge in [0, 0.05) is 22.0 Å². The molecule has 2 amide bonds. The lowest BCUT2D eigenvalue weighted by molar-refractivity contribution is -0.153. The predicted molar refractivity (Wildman–Crippen MR) is 145 cm³/mol. The first kappa shape index (κ1) is 25.8. The monoisotopic (exact) mass is 549 g/mol. The molecule has 10 heteroatoms. The molecular weight excluding hydrogens is 526 g/mol. The number of nitrogens with two attached hydrogens (primary N) is 1. The quantitative estimate of drug-likeness (QED) is 0.324. The third kappa shape index (κ3) is 5.40. The summed E-state index contributed by atoms with van der Waals surface area (Å²) >= 11 is 7.38. The molecule has 0 spiro atoms. The molecule has 5 rings (SSSR count). The van der Waals surface area contributed by atoms with Crippen LogP contribution in [0.1, 0.15) is 17.2 Å². The van der Waals surface area contributed by atoms with E-state index in [-0.39, 0.29) is 23.6 Å². The number of β-lactam (4-membered cyclic amide) rings is 1. The molecule has 3 aromatic carbocycles. The Bertz CT molecular complexity index is 1350. The van der Waals surface area contributed by atoms with Crippen molar-refractivity contribution in [2.45, 2.75) is 17.5 Å². The van der Waals surface area contributed by atoms with Gasteiger partial charge in [0.2, 0.25) is 5.91 Å². The first-order chi connectivity index (χ1) is 18.4. The molecule has 2 heterocycles. The van der Waals surface area contributed by atoms with Crippen LogP contribution < -0.4 is 11.1 Å². The molecule has 0 saturated carbocycles. The van der Waals surface area contributed by atoms with E-state index < -0.39 is 24.2 Å². The van der Waals surface area contributed by atoms with Gasteiger partial charge in [0.25, 0.3) is 0 Å². The number of carbonyl (C=O) groups is 3. The van der Waals surface area contributed by atoms with E-state index in [0.29, 0.717) is 22.0 Å². The Balaban J connectivity index is 1.40. The van der Waals surface area contributed by atoms with E-state index in [1.54, 1.807) is 24.3 Å². The van der Waals surface area contributed by atoms with Gasteiger partial charge < -0.3 is 15.2 Å².